The van der Waals surface area contributed by atoms with Crippen LogP contribution in [0.3, 0.4) is 0 Å². The largest absolute Gasteiger partial charge is 0.491 e. The van der Waals surface area contributed by atoms with E-state index in [2.05, 4.69) is 24.4 Å². The molecule has 1 N–H and O–H groups in total. The van der Waals surface area contributed by atoms with Crippen molar-refractivity contribution < 1.29 is 9.47 Å². The van der Waals surface area contributed by atoms with Gasteiger partial charge in [0.2, 0.25) is 0 Å². The third-order valence-electron chi connectivity index (χ3n) is 2.98. The number of para-hydroxylation sites is 1. The highest BCUT2D eigenvalue weighted by molar-refractivity contribution is 5.39. The van der Waals surface area contributed by atoms with Crippen LogP contribution in [0.5, 0.6) is 5.75 Å². The maximum Gasteiger partial charge on any atom is 0.124 e. The Morgan fingerprint density at radius 2 is 2.24 bits per heavy atom. The third kappa shape index (κ3) is 3.45. The molecule has 0 saturated heterocycles. The first-order chi connectivity index (χ1) is 8.42. The van der Waals surface area contributed by atoms with E-state index >= 15 is 0 Å². The molecule has 2 rings (SSSR count). The zero-order valence-corrected chi connectivity index (χ0v) is 10.4. The highest BCUT2D eigenvalue weighted by Gasteiger charge is 2.22. The van der Waals surface area contributed by atoms with Gasteiger partial charge in [0, 0.05) is 18.7 Å². The highest BCUT2D eigenvalue weighted by atomic mass is 16.5. The Labute approximate surface area is 103 Å². The van der Waals surface area contributed by atoms with Gasteiger partial charge in [-0.1, -0.05) is 31.5 Å². The molecule has 0 amide bonds. The van der Waals surface area contributed by atoms with Gasteiger partial charge in [0.15, 0.2) is 0 Å². The van der Waals surface area contributed by atoms with Crippen molar-refractivity contribution in [2.75, 3.05) is 26.4 Å². The highest BCUT2D eigenvalue weighted by Crippen LogP contribution is 2.31. The monoisotopic (exact) mass is 235 g/mol. The standard InChI is InChI=1S/C14H21NO2/c1-2-3-9-16-10-8-15-13-11-17-14-7-5-4-6-12(13)14/h4-7,13,15H,2-3,8-11H2,1H3. The molecule has 94 valence electrons. The quantitative estimate of drug-likeness (QED) is 0.737. The van der Waals surface area contributed by atoms with Gasteiger partial charge in [-0.05, 0) is 12.5 Å². The second-order valence-corrected chi connectivity index (χ2v) is 4.32. The number of hydrogen-bond acceptors (Lipinski definition) is 3. The summed E-state index contributed by atoms with van der Waals surface area (Å²) in [6.45, 7) is 5.43. The summed E-state index contributed by atoms with van der Waals surface area (Å²) in [6, 6.07) is 8.53. The summed E-state index contributed by atoms with van der Waals surface area (Å²) in [4.78, 5) is 0. The Kier molecular flexibility index (Phi) is 4.83. The van der Waals surface area contributed by atoms with Crippen molar-refractivity contribution >= 4 is 0 Å². The minimum atomic E-state index is 0.320. The molecule has 0 radical (unpaired) electrons. The number of ether oxygens (including phenoxy) is 2. The third-order valence-corrected chi connectivity index (χ3v) is 2.98. The lowest BCUT2D eigenvalue weighted by molar-refractivity contribution is 0.130. The molecule has 1 aliphatic rings. The van der Waals surface area contributed by atoms with Crippen molar-refractivity contribution in [2.45, 2.75) is 25.8 Å². The van der Waals surface area contributed by atoms with Gasteiger partial charge in [-0.3, -0.25) is 0 Å². The fourth-order valence-electron chi connectivity index (χ4n) is 1.99. The molecule has 3 heteroatoms. The van der Waals surface area contributed by atoms with E-state index in [1.807, 2.05) is 12.1 Å². The number of fused-ring (bicyclic) bond motifs is 1. The smallest absolute Gasteiger partial charge is 0.124 e. The predicted octanol–water partition coefficient (Wildman–Crippen LogP) is 2.53. The fraction of sp³-hybridized carbons (Fsp3) is 0.571. The molecule has 0 aromatic heterocycles. The lowest BCUT2D eigenvalue weighted by Gasteiger charge is -2.11. The molecule has 0 aliphatic carbocycles. The number of unbranched alkanes of at least 4 members (excludes halogenated alkanes) is 1. The fourth-order valence-corrected chi connectivity index (χ4v) is 1.99. The lowest BCUT2D eigenvalue weighted by Crippen LogP contribution is -2.26. The van der Waals surface area contributed by atoms with Crippen molar-refractivity contribution in [3.8, 4) is 5.75 Å². The minimum absolute atomic E-state index is 0.320. The van der Waals surface area contributed by atoms with E-state index in [-0.39, 0.29) is 0 Å². The van der Waals surface area contributed by atoms with Crippen LogP contribution >= 0.6 is 0 Å². The van der Waals surface area contributed by atoms with Crippen LogP contribution < -0.4 is 10.1 Å². The first kappa shape index (κ1) is 12.4. The van der Waals surface area contributed by atoms with Gasteiger partial charge in [-0.15, -0.1) is 0 Å². The van der Waals surface area contributed by atoms with Gasteiger partial charge in [-0.25, -0.2) is 0 Å². The molecule has 3 nitrogen and oxygen atoms in total. The van der Waals surface area contributed by atoms with E-state index < -0.39 is 0 Å². The molecule has 1 heterocycles. The molecular weight excluding hydrogens is 214 g/mol. The molecule has 0 fully saturated rings. The van der Waals surface area contributed by atoms with Gasteiger partial charge >= 0.3 is 0 Å². The molecule has 0 saturated carbocycles. The molecule has 1 aromatic carbocycles. The van der Waals surface area contributed by atoms with Gasteiger partial charge in [-0.2, -0.15) is 0 Å². The molecule has 1 aromatic rings. The molecular formula is C14H21NO2. The molecule has 1 aliphatic heterocycles. The van der Waals surface area contributed by atoms with Crippen molar-refractivity contribution in [1.29, 1.82) is 0 Å². The summed E-state index contributed by atoms with van der Waals surface area (Å²) in [5.41, 5.74) is 1.26. The first-order valence-electron chi connectivity index (χ1n) is 6.44. The maximum absolute atomic E-state index is 5.60. The summed E-state index contributed by atoms with van der Waals surface area (Å²) in [5.74, 6) is 1.01. The van der Waals surface area contributed by atoms with Gasteiger partial charge in [0.05, 0.1) is 12.6 Å². The Morgan fingerprint density at radius 1 is 1.35 bits per heavy atom. The van der Waals surface area contributed by atoms with Crippen LogP contribution in [0.25, 0.3) is 0 Å². The van der Waals surface area contributed by atoms with Crippen LogP contribution in [0.2, 0.25) is 0 Å². The van der Waals surface area contributed by atoms with Crippen molar-refractivity contribution in [1.82, 2.24) is 5.32 Å². The Balaban J connectivity index is 1.68. The Bertz CT molecular complexity index is 341. The summed E-state index contributed by atoms with van der Waals surface area (Å²) < 4.78 is 11.1. The van der Waals surface area contributed by atoms with Gasteiger partial charge in [0.1, 0.15) is 12.4 Å². The normalized spacial score (nSPS) is 17.8. The summed E-state index contributed by atoms with van der Waals surface area (Å²) >= 11 is 0. The number of benzene rings is 1. The molecule has 17 heavy (non-hydrogen) atoms. The van der Waals surface area contributed by atoms with Crippen molar-refractivity contribution in [3.63, 3.8) is 0 Å². The van der Waals surface area contributed by atoms with Gasteiger partial charge in [0.25, 0.3) is 0 Å². The second kappa shape index (κ2) is 6.62. The zero-order chi connectivity index (χ0) is 11.9. The van der Waals surface area contributed by atoms with Crippen molar-refractivity contribution in [3.05, 3.63) is 29.8 Å². The molecule has 0 spiro atoms. The van der Waals surface area contributed by atoms with E-state index in [4.69, 9.17) is 9.47 Å². The average molecular weight is 235 g/mol. The number of nitrogens with one attached hydrogen (secondary N) is 1. The van der Waals surface area contributed by atoms with Crippen LogP contribution in [0.15, 0.2) is 24.3 Å². The summed E-state index contributed by atoms with van der Waals surface area (Å²) in [7, 11) is 0. The van der Waals surface area contributed by atoms with E-state index in [0.29, 0.717) is 6.04 Å². The molecule has 1 atom stereocenters. The SMILES string of the molecule is CCCCOCCNC1COc2ccccc21. The van der Waals surface area contributed by atoms with E-state index in [1.165, 1.54) is 12.0 Å². The topological polar surface area (TPSA) is 30.5 Å². The van der Waals surface area contributed by atoms with Crippen LogP contribution in [0, 0.1) is 0 Å². The maximum atomic E-state index is 5.60. The Morgan fingerprint density at radius 3 is 3.12 bits per heavy atom. The predicted molar refractivity (Wildman–Crippen MR) is 68.4 cm³/mol. The van der Waals surface area contributed by atoms with Crippen LogP contribution in [-0.4, -0.2) is 26.4 Å². The molecule has 1 unspecified atom stereocenters. The average Bonchev–Trinajstić information content (AvgIpc) is 2.77. The Hall–Kier alpha value is -1.06. The first-order valence-corrected chi connectivity index (χ1v) is 6.44. The van der Waals surface area contributed by atoms with Crippen LogP contribution in [0.4, 0.5) is 0 Å². The number of rotatable bonds is 7. The number of hydrogen-bond donors (Lipinski definition) is 1. The van der Waals surface area contributed by atoms with Crippen LogP contribution in [0.1, 0.15) is 31.4 Å². The van der Waals surface area contributed by atoms with Gasteiger partial charge < -0.3 is 14.8 Å². The lowest BCUT2D eigenvalue weighted by atomic mass is 10.1. The van der Waals surface area contributed by atoms with Crippen molar-refractivity contribution in [2.24, 2.45) is 0 Å². The molecule has 0 bridgehead atoms. The van der Waals surface area contributed by atoms with E-state index in [1.54, 1.807) is 0 Å². The summed E-state index contributed by atoms with van der Waals surface area (Å²) in [5, 5.41) is 3.46. The minimum Gasteiger partial charge on any atom is -0.491 e. The van der Waals surface area contributed by atoms with E-state index in [9.17, 15) is 0 Å². The van der Waals surface area contributed by atoms with E-state index in [0.717, 1.165) is 38.5 Å². The summed E-state index contributed by atoms with van der Waals surface area (Å²) in [6.07, 6.45) is 2.34. The second-order valence-electron chi connectivity index (χ2n) is 4.32. The van der Waals surface area contributed by atoms with Crippen LogP contribution in [-0.2, 0) is 4.74 Å². The zero-order valence-electron chi connectivity index (χ0n) is 10.4.